The van der Waals surface area contributed by atoms with Crippen molar-refractivity contribution >= 4 is 27.4 Å². The minimum absolute atomic E-state index is 0.0643. The Kier molecular flexibility index (Phi) is 4.04. The zero-order chi connectivity index (χ0) is 16.3. The highest BCUT2D eigenvalue weighted by Crippen LogP contribution is 2.25. The molecule has 0 saturated heterocycles. The van der Waals surface area contributed by atoms with Gasteiger partial charge in [-0.15, -0.1) is 0 Å². The highest BCUT2D eigenvalue weighted by atomic mass is 32.2. The van der Waals surface area contributed by atoms with E-state index >= 15 is 0 Å². The third kappa shape index (κ3) is 3.17. The second-order valence-electron chi connectivity index (χ2n) is 4.07. The molecule has 0 unspecified atom stereocenters. The lowest BCUT2D eigenvalue weighted by Crippen LogP contribution is -2.15. The predicted molar refractivity (Wildman–Crippen MR) is 75.1 cm³/mol. The number of benzene rings is 1. The Bertz CT molecular complexity index is 849. The summed E-state index contributed by atoms with van der Waals surface area (Å²) in [5, 5.41) is 19.7. The third-order valence-corrected chi connectivity index (χ3v) is 4.01. The molecule has 0 amide bonds. The molecule has 0 saturated carbocycles. The minimum atomic E-state index is -4.24. The normalized spacial score (nSPS) is 10.9. The summed E-state index contributed by atoms with van der Waals surface area (Å²) in [6, 6.07) is 7.07. The van der Waals surface area contributed by atoms with E-state index in [0.717, 1.165) is 24.4 Å². The van der Waals surface area contributed by atoms with Gasteiger partial charge in [-0.25, -0.2) is 18.2 Å². The topological polar surface area (TPSA) is 140 Å². The summed E-state index contributed by atoms with van der Waals surface area (Å²) < 4.78 is 26.5. The number of nitrogens with zero attached hydrogens (tertiary/aromatic N) is 2. The van der Waals surface area contributed by atoms with Gasteiger partial charge in [-0.05, 0) is 18.2 Å². The number of rotatable bonds is 5. The molecule has 0 spiro atoms. The van der Waals surface area contributed by atoms with Gasteiger partial charge < -0.3 is 5.11 Å². The van der Waals surface area contributed by atoms with Gasteiger partial charge in [0.2, 0.25) is 0 Å². The first-order chi connectivity index (χ1) is 10.3. The van der Waals surface area contributed by atoms with Gasteiger partial charge in [0, 0.05) is 12.3 Å². The van der Waals surface area contributed by atoms with Crippen LogP contribution in [0.5, 0.6) is 0 Å². The molecule has 0 aliphatic heterocycles. The van der Waals surface area contributed by atoms with Crippen molar-refractivity contribution in [3.8, 4) is 0 Å². The van der Waals surface area contributed by atoms with E-state index in [1.165, 1.54) is 18.2 Å². The van der Waals surface area contributed by atoms with E-state index in [0.29, 0.717) is 0 Å². The van der Waals surface area contributed by atoms with Crippen LogP contribution in [0.25, 0.3) is 0 Å². The standard InChI is InChI=1S/C12H9N3O6S/c16-12(17)9-7-8(5-6-13-9)14-22(20,21)11-4-2-1-3-10(11)15(18)19/h1-7H,(H,13,14)(H,16,17). The van der Waals surface area contributed by atoms with E-state index in [-0.39, 0.29) is 11.4 Å². The van der Waals surface area contributed by atoms with Gasteiger partial charge in [-0.3, -0.25) is 14.8 Å². The summed E-state index contributed by atoms with van der Waals surface area (Å²) in [4.78, 5) is 23.9. The highest BCUT2D eigenvalue weighted by Gasteiger charge is 2.25. The average Bonchev–Trinajstić information content (AvgIpc) is 2.47. The number of aromatic nitrogens is 1. The number of carboxylic acids is 1. The lowest BCUT2D eigenvalue weighted by molar-refractivity contribution is -0.387. The van der Waals surface area contributed by atoms with Crippen LogP contribution < -0.4 is 4.72 Å². The fourth-order valence-corrected chi connectivity index (χ4v) is 2.88. The Balaban J connectivity index is 2.43. The van der Waals surface area contributed by atoms with Crippen LogP contribution in [0.15, 0.2) is 47.5 Å². The van der Waals surface area contributed by atoms with Crippen molar-refractivity contribution in [1.29, 1.82) is 0 Å². The minimum Gasteiger partial charge on any atom is -0.477 e. The van der Waals surface area contributed by atoms with E-state index < -0.39 is 31.5 Å². The molecule has 0 fully saturated rings. The summed E-state index contributed by atoms with van der Waals surface area (Å²) >= 11 is 0. The van der Waals surface area contributed by atoms with Crippen molar-refractivity contribution in [3.05, 3.63) is 58.4 Å². The maximum Gasteiger partial charge on any atom is 0.354 e. The molecule has 2 N–H and O–H groups in total. The zero-order valence-corrected chi connectivity index (χ0v) is 11.6. The zero-order valence-electron chi connectivity index (χ0n) is 10.8. The van der Waals surface area contributed by atoms with Crippen molar-refractivity contribution in [3.63, 3.8) is 0 Å². The molecular formula is C12H9N3O6S. The number of hydrogen-bond donors (Lipinski definition) is 2. The van der Waals surface area contributed by atoms with Crippen LogP contribution in [-0.2, 0) is 10.0 Å². The largest absolute Gasteiger partial charge is 0.477 e. The quantitative estimate of drug-likeness (QED) is 0.627. The van der Waals surface area contributed by atoms with Gasteiger partial charge in [0.1, 0.15) is 5.69 Å². The number of hydrogen-bond acceptors (Lipinski definition) is 6. The average molecular weight is 323 g/mol. The van der Waals surface area contributed by atoms with Crippen LogP contribution in [-0.4, -0.2) is 29.4 Å². The molecule has 22 heavy (non-hydrogen) atoms. The molecule has 0 aliphatic carbocycles. The third-order valence-electron chi connectivity index (χ3n) is 2.58. The Morgan fingerprint density at radius 3 is 2.59 bits per heavy atom. The fraction of sp³-hybridized carbons (Fsp3) is 0. The summed E-state index contributed by atoms with van der Waals surface area (Å²) in [5.41, 5.74) is -1.00. The Labute approximate surface area is 124 Å². The smallest absolute Gasteiger partial charge is 0.354 e. The van der Waals surface area contributed by atoms with Gasteiger partial charge in [0.25, 0.3) is 15.7 Å². The number of aromatic carboxylic acids is 1. The molecule has 1 heterocycles. The van der Waals surface area contributed by atoms with E-state index in [2.05, 4.69) is 9.71 Å². The monoisotopic (exact) mass is 323 g/mol. The number of anilines is 1. The molecule has 1 aromatic carbocycles. The van der Waals surface area contributed by atoms with E-state index in [1.54, 1.807) is 0 Å². The fourth-order valence-electron chi connectivity index (χ4n) is 1.66. The van der Waals surface area contributed by atoms with Crippen molar-refractivity contribution < 1.29 is 23.2 Å². The van der Waals surface area contributed by atoms with E-state index in [1.807, 2.05) is 0 Å². The summed E-state index contributed by atoms with van der Waals surface area (Å²) in [6.07, 6.45) is 1.11. The summed E-state index contributed by atoms with van der Waals surface area (Å²) in [6.45, 7) is 0. The van der Waals surface area contributed by atoms with E-state index in [4.69, 9.17) is 5.11 Å². The summed E-state index contributed by atoms with van der Waals surface area (Å²) in [5.74, 6) is -1.33. The van der Waals surface area contributed by atoms with Crippen LogP contribution in [0.4, 0.5) is 11.4 Å². The maximum absolute atomic E-state index is 12.2. The molecule has 1 aromatic heterocycles. The molecule has 0 radical (unpaired) electrons. The van der Waals surface area contributed by atoms with Crippen LogP contribution in [0.3, 0.4) is 0 Å². The highest BCUT2D eigenvalue weighted by molar-refractivity contribution is 7.92. The molecule has 114 valence electrons. The Hall–Kier alpha value is -3.01. The molecule has 0 bridgehead atoms. The van der Waals surface area contributed by atoms with Crippen LogP contribution in [0.1, 0.15) is 10.5 Å². The lowest BCUT2D eigenvalue weighted by Gasteiger charge is -2.08. The van der Waals surface area contributed by atoms with Gasteiger partial charge >= 0.3 is 5.97 Å². The first kappa shape index (κ1) is 15.4. The van der Waals surface area contributed by atoms with Crippen LogP contribution in [0, 0.1) is 10.1 Å². The molecule has 10 heteroatoms. The Morgan fingerprint density at radius 1 is 1.27 bits per heavy atom. The Morgan fingerprint density at radius 2 is 1.95 bits per heavy atom. The number of carbonyl (C=O) groups is 1. The number of pyridine rings is 1. The molecule has 0 atom stereocenters. The molecule has 0 aliphatic rings. The predicted octanol–water partition coefficient (Wildman–Crippen LogP) is 1.49. The number of carboxylic acid groups (broad SMARTS) is 1. The first-order valence-electron chi connectivity index (χ1n) is 5.77. The van der Waals surface area contributed by atoms with Crippen molar-refractivity contribution in [2.24, 2.45) is 0 Å². The number of nitrogens with one attached hydrogen (secondary N) is 1. The van der Waals surface area contributed by atoms with Crippen molar-refractivity contribution in [2.45, 2.75) is 4.90 Å². The van der Waals surface area contributed by atoms with Crippen molar-refractivity contribution in [1.82, 2.24) is 4.98 Å². The van der Waals surface area contributed by atoms with Gasteiger partial charge in [-0.1, -0.05) is 12.1 Å². The van der Waals surface area contributed by atoms with Crippen LogP contribution in [0.2, 0.25) is 0 Å². The molecule has 2 aromatic rings. The van der Waals surface area contributed by atoms with Gasteiger partial charge in [0.05, 0.1) is 10.6 Å². The van der Waals surface area contributed by atoms with Gasteiger partial charge in [0.15, 0.2) is 4.90 Å². The number of nitro benzene ring substituents is 1. The van der Waals surface area contributed by atoms with E-state index in [9.17, 15) is 23.3 Å². The molecular weight excluding hydrogens is 314 g/mol. The summed E-state index contributed by atoms with van der Waals surface area (Å²) in [7, 11) is -4.24. The molecule has 2 rings (SSSR count). The number of nitro groups is 1. The maximum atomic E-state index is 12.2. The lowest BCUT2D eigenvalue weighted by atomic mass is 10.3. The number of para-hydroxylation sites is 1. The van der Waals surface area contributed by atoms with Crippen LogP contribution >= 0.6 is 0 Å². The van der Waals surface area contributed by atoms with Gasteiger partial charge in [-0.2, -0.15) is 0 Å². The number of sulfonamides is 1. The first-order valence-corrected chi connectivity index (χ1v) is 7.25. The van der Waals surface area contributed by atoms with Crippen molar-refractivity contribution in [2.75, 3.05) is 4.72 Å². The molecule has 9 nitrogen and oxygen atoms in total. The SMILES string of the molecule is O=C(O)c1cc(NS(=O)(=O)c2ccccc2[N+](=O)[O-])ccn1. The second-order valence-corrected chi connectivity index (χ2v) is 5.72. The second kappa shape index (κ2) is 5.77.